The highest BCUT2D eigenvalue weighted by molar-refractivity contribution is 6.39. The van der Waals surface area contributed by atoms with Crippen LogP contribution in [0.3, 0.4) is 0 Å². The van der Waals surface area contributed by atoms with Crippen LogP contribution >= 0.6 is 23.2 Å². The summed E-state index contributed by atoms with van der Waals surface area (Å²) in [4.78, 5) is 21.1. The molecule has 42 heavy (non-hydrogen) atoms. The van der Waals surface area contributed by atoms with Crippen LogP contribution in [0, 0.1) is 0 Å². The van der Waals surface area contributed by atoms with Gasteiger partial charge < -0.3 is 19.5 Å². The van der Waals surface area contributed by atoms with Crippen LogP contribution in [0.15, 0.2) is 48.8 Å². The molecule has 5 rings (SSSR count). The molecule has 220 valence electrons. The number of methoxy groups -OCH3 is 3. The minimum Gasteiger partial charge on any atom is -0.480 e. The van der Waals surface area contributed by atoms with Crippen LogP contribution in [-0.4, -0.2) is 72.4 Å². The molecule has 1 unspecified atom stereocenters. The van der Waals surface area contributed by atoms with Crippen LogP contribution in [-0.2, 0) is 17.8 Å². The fourth-order valence-corrected chi connectivity index (χ4v) is 5.98. The van der Waals surface area contributed by atoms with Crippen LogP contribution in [0.25, 0.3) is 33.6 Å². The van der Waals surface area contributed by atoms with Crippen molar-refractivity contribution in [3.05, 3.63) is 70.2 Å². The summed E-state index contributed by atoms with van der Waals surface area (Å²) >= 11 is 14.0. The second-order valence-corrected chi connectivity index (χ2v) is 10.8. The predicted molar refractivity (Wildman–Crippen MR) is 165 cm³/mol. The van der Waals surface area contributed by atoms with E-state index in [1.807, 2.05) is 43.4 Å². The molecular formula is C31H34Cl2N6O3. The van der Waals surface area contributed by atoms with E-state index in [0.29, 0.717) is 64.6 Å². The molecule has 4 aromatic rings. The third-order valence-electron chi connectivity index (χ3n) is 7.40. The Morgan fingerprint density at radius 3 is 1.93 bits per heavy atom. The lowest BCUT2D eigenvalue weighted by Crippen LogP contribution is -2.32. The molecular weight excluding hydrogens is 575 g/mol. The standard InChI is InChI=1S/C31H34Cl2N6O3/c1-34-14-26-30(41-3)37-24(15-35-26)22-11-5-9-20(28(22)32)21-10-6-12-23(29(21)33)25-16-36-27(31(38-25)42-4)17-39-13-7-8-19(39)18-40-2/h5-6,9-12,15-16,19,34H,7-8,13-14,17-18H2,1-4H3. The van der Waals surface area contributed by atoms with E-state index in [1.54, 1.807) is 33.7 Å². The largest absolute Gasteiger partial charge is 0.480 e. The first-order chi connectivity index (χ1) is 20.5. The molecule has 1 saturated heterocycles. The minimum absolute atomic E-state index is 0.367. The Kier molecular flexibility index (Phi) is 9.87. The van der Waals surface area contributed by atoms with E-state index in [1.165, 1.54) is 0 Å². The molecule has 1 aliphatic heterocycles. The Morgan fingerprint density at radius 2 is 1.38 bits per heavy atom. The molecule has 1 aliphatic rings. The molecule has 2 aromatic carbocycles. The molecule has 0 spiro atoms. The molecule has 11 heteroatoms. The summed E-state index contributed by atoms with van der Waals surface area (Å²) < 4.78 is 16.5. The fraction of sp³-hybridized carbons (Fsp3) is 0.355. The highest BCUT2D eigenvalue weighted by Crippen LogP contribution is 2.42. The highest BCUT2D eigenvalue weighted by Gasteiger charge is 2.26. The third kappa shape index (κ3) is 6.21. The predicted octanol–water partition coefficient (Wildman–Crippen LogP) is 5.92. The monoisotopic (exact) mass is 608 g/mol. The molecule has 2 aromatic heterocycles. The average molecular weight is 610 g/mol. The Bertz CT molecular complexity index is 1550. The highest BCUT2D eigenvalue weighted by atomic mass is 35.5. The van der Waals surface area contributed by atoms with E-state index in [9.17, 15) is 0 Å². The number of hydrogen-bond acceptors (Lipinski definition) is 9. The number of likely N-dealkylation sites (tertiary alicyclic amines) is 1. The van der Waals surface area contributed by atoms with Gasteiger partial charge in [0.05, 0.1) is 54.7 Å². The lowest BCUT2D eigenvalue weighted by molar-refractivity contribution is 0.110. The van der Waals surface area contributed by atoms with Gasteiger partial charge in [0.1, 0.15) is 11.4 Å². The van der Waals surface area contributed by atoms with Crippen molar-refractivity contribution in [2.24, 2.45) is 0 Å². The van der Waals surface area contributed by atoms with E-state index >= 15 is 0 Å². The van der Waals surface area contributed by atoms with Crippen molar-refractivity contribution in [3.8, 4) is 45.4 Å². The Balaban J connectivity index is 1.48. The van der Waals surface area contributed by atoms with E-state index < -0.39 is 0 Å². The van der Waals surface area contributed by atoms with Crippen LogP contribution in [0.5, 0.6) is 11.8 Å². The van der Waals surface area contributed by atoms with Crippen LogP contribution < -0.4 is 14.8 Å². The summed E-state index contributed by atoms with van der Waals surface area (Å²) in [5, 5.41) is 4.08. The van der Waals surface area contributed by atoms with Gasteiger partial charge in [0.25, 0.3) is 0 Å². The van der Waals surface area contributed by atoms with Gasteiger partial charge in [0, 0.05) is 48.5 Å². The molecule has 1 N–H and O–H groups in total. The molecule has 1 fully saturated rings. The van der Waals surface area contributed by atoms with E-state index in [-0.39, 0.29) is 0 Å². The molecule has 0 radical (unpaired) electrons. The minimum atomic E-state index is 0.367. The zero-order valence-corrected chi connectivity index (χ0v) is 25.7. The van der Waals surface area contributed by atoms with E-state index in [2.05, 4.69) is 20.2 Å². The maximum Gasteiger partial charge on any atom is 0.237 e. The van der Waals surface area contributed by atoms with Crippen LogP contribution in [0.2, 0.25) is 10.0 Å². The van der Waals surface area contributed by atoms with Gasteiger partial charge in [-0.1, -0.05) is 59.6 Å². The SMILES string of the molecule is CNCc1ncc(-c2cccc(-c3cccc(-c4cnc(CN5CCCC5COC)c(OC)n4)c3Cl)c2Cl)nc1OC. The molecule has 9 nitrogen and oxygen atoms in total. The second-order valence-electron chi connectivity index (χ2n) is 10.0. The van der Waals surface area contributed by atoms with Gasteiger partial charge in [-0.15, -0.1) is 0 Å². The lowest BCUT2D eigenvalue weighted by atomic mass is 9.98. The first-order valence-electron chi connectivity index (χ1n) is 13.7. The summed E-state index contributed by atoms with van der Waals surface area (Å²) in [5.74, 6) is 0.921. The number of rotatable bonds is 11. The number of aromatic nitrogens is 4. The smallest absolute Gasteiger partial charge is 0.237 e. The molecule has 0 bridgehead atoms. The lowest BCUT2D eigenvalue weighted by Gasteiger charge is -2.24. The molecule has 3 heterocycles. The van der Waals surface area contributed by atoms with Gasteiger partial charge in [-0.2, -0.15) is 0 Å². The molecule has 0 saturated carbocycles. The number of hydrogen-bond donors (Lipinski definition) is 1. The van der Waals surface area contributed by atoms with Gasteiger partial charge in [-0.25, -0.2) is 9.97 Å². The normalized spacial score (nSPS) is 15.2. The first kappa shape index (κ1) is 30.1. The fourth-order valence-electron chi connectivity index (χ4n) is 5.33. The summed E-state index contributed by atoms with van der Waals surface area (Å²) in [6.45, 7) is 2.87. The summed E-state index contributed by atoms with van der Waals surface area (Å²) in [5.41, 5.74) is 5.67. The number of halogens is 2. The maximum atomic E-state index is 7.03. The molecule has 0 aliphatic carbocycles. The zero-order valence-electron chi connectivity index (χ0n) is 24.2. The summed E-state index contributed by atoms with van der Waals surface area (Å²) in [7, 11) is 6.77. The Hall–Kier alpha value is -3.34. The van der Waals surface area contributed by atoms with E-state index in [0.717, 1.165) is 47.3 Å². The van der Waals surface area contributed by atoms with Gasteiger partial charge in [-0.3, -0.25) is 14.9 Å². The molecule has 0 amide bonds. The average Bonchev–Trinajstić information content (AvgIpc) is 3.45. The van der Waals surface area contributed by atoms with Crippen molar-refractivity contribution in [2.45, 2.75) is 32.0 Å². The van der Waals surface area contributed by atoms with Crippen LogP contribution in [0.4, 0.5) is 0 Å². The van der Waals surface area contributed by atoms with Crippen molar-refractivity contribution >= 4 is 23.2 Å². The zero-order chi connectivity index (χ0) is 29.6. The second kappa shape index (κ2) is 13.8. The van der Waals surface area contributed by atoms with Crippen molar-refractivity contribution in [1.82, 2.24) is 30.2 Å². The van der Waals surface area contributed by atoms with Gasteiger partial charge in [0.15, 0.2) is 0 Å². The van der Waals surface area contributed by atoms with Gasteiger partial charge in [0.2, 0.25) is 11.8 Å². The van der Waals surface area contributed by atoms with Gasteiger partial charge in [-0.05, 0) is 26.4 Å². The summed E-state index contributed by atoms with van der Waals surface area (Å²) in [6, 6.07) is 11.9. The topological polar surface area (TPSA) is 94.5 Å². The van der Waals surface area contributed by atoms with Crippen molar-refractivity contribution in [3.63, 3.8) is 0 Å². The van der Waals surface area contributed by atoms with Crippen molar-refractivity contribution in [2.75, 3.05) is 41.5 Å². The maximum absolute atomic E-state index is 7.03. The number of nitrogens with zero attached hydrogens (tertiary/aromatic N) is 5. The Morgan fingerprint density at radius 1 is 0.833 bits per heavy atom. The van der Waals surface area contributed by atoms with E-state index in [4.69, 9.17) is 47.4 Å². The van der Waals surface area contributed by atoms with Crippen molar-refractivity contribution in [1.29, 1.82) is 0 Å². The molecule has 1 atom stereocenters. The quantitative estimate of drug-likeness (QED) is 0.222. The van der Waals surface area contributed by atoms with Gasteiger partial charge >= 0.3 is 0 Å². The summed E-state index contributed by atoms with van der Waals surface area (Å²) in [6.07, 6.45) is 5.68. The van der Waals surface area contributed by atoms with Crippen LogP contribution in [0.1, 0.15) is 24.2 Å². The first-order valence-corrected chi connectivity index (χ1v) is 14.5. The number of benzene rings is 2. The number of nitrogens with one attached hydrogen (secondary N) is 1. The number of ether oxygens (including phenoxy) is 3. The van der Waals surface area contributed by atoms with Crippen molar-refractivity contribution < 1.29 is 14.2 Å². The Labute approximate surface area is 256 Å². The third-order valence-corrected chi connectivity index (χ3v) is 8.22.